The molecular formula is C20H34IN3O3S. The Kier molecular flexibility index (Phi) is 9.05. The van der Waals surface area contributed by atoms with Crippen molar-refractivity contribution >= 4 is 39.8 Å². The van der Waals surface area contributed by atoms with Gasteiger partial charge in [0, 0.05) is 26.7 Å². The Bertz CT molecular complexity index is 807. The Morgan fingerprint density at radius 1 is 1.29 bits per heavy atom. The summed E-state index contributed by atoms with van der Waals surface area (Å²) in [5, 5.41) is 3.33. The molecule has 1 heterocycles. The van der Waals surface area contributed by atoms with Gasteiger partial charge in [0.1, 0.15) is 5.75 Å². The SMILES string of the molecule is CN=C(NCCCOc1cc(C)cc(C)c1C)N1CCS(=O)(=O)C(C)(C)C1.I. The highest BCUT2D eigenvalue weighted by Gasteiger charge is 2.40. The molecule has 0 spiro atoms. The van der Waals surface area contributed by atoms with E-state index in [0.29, 0.717) is 19.7 Å². The van der Waals surface area contributed by atoms with Crippen LogP contribution >= 0.6 is 24.0 Å². The van der Waals surface area contributed by atoms with Gasteiger partial charge in [-0.1, -0.05) is 6.07 Å². The number of rotatable bonds is 5. The molecule has 1 saturated heterocycles. The molecule has 0 bridgehead atoms. The van der Waals surface area contributed by atoms with E-state index >= 15 is 0 Å². The van der Waals surface area contributed by atoms with Crippen molar-refractivity contribution in [3.8, 4) is 5.75 Å². The Morgan fingerprint density at radius 2 is 1.96 bits per heavy atom. The van der Waals surface area contributed by atoms with Crippen LogP contribution in [0.15, 0.2) is 17.1 Å². The van der Waals surface area contributed by atoms with Gasteiger partial charge >= 0.3 is 0 Å². The van der Waals surface area contributed by atoms with Gasteiger partial charge < -0.3 is 15.0 Å². The second-order valence-corrected chi connectivity index (χ2v) is 10.6. The molecule has 0 atom stereocenters. The number of hydrogen-bond acceptors (Lipinski definition) is 4. The lowest BCUT2D eigenvalue weighted by Crippen LogP contribution is -2.57. The van der Waals surface area contributed by atoms with Crippen LogP contribution in [0.2, 0.25) is 0 Å². The number of nitrogens with one attached hydrogen (secondary N) is 1. The van der Waals surface area contributed by atoms with Crippen molar-refractivity contribution in [1.82, 2.24) is 10.2 Å². The summed E-state index contributed by atoms with van der Waals surface area (Å²) in [5.74, 6) is 1.86. The maximum absolute atomic E-state index is 12.2. The minimum absolute atomic E-state index is 0. The number of aryl methyl sites for hydroxylation is 2. The van der Waals surface area contributed by atoms with Gasteiger partial charge in [0.2, 0.25) is 0 Å². The largest absolute Gasteiger partial charge is 0.493 e. The zero-order valence-corrected chi connectivity index (χ0v) is 21.0. The summed E-state index contributed by atoms with van der Waals surface area (Å²) in [6.07, 6.45) is 0.834. The average Bonchev–Trinajstić information content (AvgIpc) is 2.58. The van der Waals surface area contributed by atoms with Crippen molar-refractivity contribution in [2.24, 2.45) is 4.99 Å². The lowest BCUT2D eigenvalue weighted by atomic mass is 10.1. The molecule has 1 aliphatic rings. The van der Waals surface area contributed by atoms with E-state index in [2.05, 4.69) is 43.2 Å². The van der Waals surface area contributed by atoms with Crippen LogP contribution < -0.4 is 10.1 Å². The van der Waals surface area contributed by atoms with Crippen LogP contribution in [-0.4, -0.2) is 63.1 Å². The van der Waals surface area contributed by atoms with Crippen molar-refractivity contribution in [2.45, 2.75) is 45.8 Å². The first-order chi connectivity index (χ1) is 12.6. The molecule has 8 heteroatoms. The van der Waals surface area contributed by atoms with Crippen LogP contribution in [0.1, 0.15) is 37.0 Å². The van der Waals surface area contributed by atoms with E-state index in [-0.39, 0.29) is 29.7 Å². The number of benzene rings is 1. The summed E-state index contributed by atoms with van der Waals surface area (Å²) in [5.41, 5.74) is 3.63. The van der Waals surface area contributed by atoms with Gasteiger partial charge in [-0.25, -0.2) is 8.42 Å². The van der Waals surface area contributed by atoms with Gasteiger partial charge in [-0.05, 0) is 63.8 Å². The number of hydrogen-bond donors (Lipinski definition) is 1. The number of nitrogens with zero attached hydrogens (tertiary/aromatic N) is 2. The van der Waals surface area contributed by atoms with E-state index in [1.54, 1.807) is 20.9 Å². The zero-order valence-electron chi connectivity index (χ0n) is 17.8. The fourth-order valence-electron chi connectivity index (χ4n) is 3.26. The predicted octanol–water partition coefficient (Wildman–Crippen LogP) is 3.08. The molecule has 0 aromatic heterocycles. The molecule has 28 heavy (non-hydrogen) atoms. The summed E-state index contributed by atoms with van der Waals surface area (Å²) in [4.78, 5) is 6.34. The van der Waals surface area contributed by atoms with E-state index in [4.69, 9.17) is 4.74 Å². The second-order valence-electron chi connectivity index (χ2n) is 7.88. The minimum Gasteiger partial charge on any atom is -0.493 e. The Hall–Kier alpha value is -1.03. The third kappa shape index (κ3) is 5.98. The number of sulfone groups is 1. The highest BCUT2D eigenvalue weighted by molar-refractivity contribution is 14.0. The van der Waals surface area contributed by atoms with E-state index in [9.17, 15) is 8.42 Å². The zero-order chi connectivity index (χ0) is 20.2. The normalized spacial score (nSPS) is 18.4. The highest BCUT2D eigenvalue weighted by atomic mass is 127. The van der Waals surface area contributed by atoms with Gasteiger partial charge in [-0.3, -0.25) is 4.99 Å². The Labute approximate surface area is 187 Å². The van der Waals surface area contributed by atoms with E-state index in [0.717, 1.165) is 24.7 Å². The number of ether oxygens (including phenoxy) is 1. The van der Waals surface area contributed by atoms with Crippen molar-refractivity contribution in [2.75, 3.05) is 39.0 Å². The maximum atomic E-state index is 12.2. The van der Waals surface area contributed by atoms with Crippen LogP contribution in [0.4, 0.5) is 0 Å². The monoisotopic (exact) mass is 523 g/mol. The van der Waals surface area contributed by atoms with Gasteiger partial charge in [-0.2, -0.15) is 0 Å². The summed E-state index contributed by atoms with van der Waals surface area (Å²) in [7, 11) is -1.32. The maximum Gasteiger partial charge on any atom is 0.193 e. The molecule has 1 aromatic rings. The summed E-state index contributed by atoms with van der Waals surface area (Å²) >= 11 is 0. The average molecular weight is 523 g/mol. The van der Waals surface area contributed by atoms with Gasteiger partial charge in [-0.15, -0.1) is 24.0 Å². The molecule has 6 nitrogen and oxygen atoms in total. The van der Waals surface area contributed by atoms with E-state index in [1.807, 2.05) is 4.90 Å². The van der Waals surface area contributed by atoms with E-state index < -0.39 is 14.6 Å². The van der Waals surface area contributed by atoms with Crippen LogP contribution in [0.5, 0.6) is 5.75 Å². The molecule has 160 valence electrons. The molecule has 0 amide bonds. The first kappa shape index (κ1) is 25.0. The molecule has 0 unspecified atom stereocenters. The fourth-order valence-corrected chi connectivity index (χ4v) is 4.63. The predicted molar refractivity (Wildman–Crippen MR) is 127 cm³/mol. The Balaban J connectivity index is 0.00000392. The number of guanidine groups is 1. The molecule has 2 rings (SSSR count). The Morgan fingerprint density at radius 3 is 2.57 bits per heavy atom. The van der Waals surface area contributed by atoms with Crippen molar-refractivity contribution < 1.29 is 13.2 Å². The minimum atomic E-state index is -3.05. The third-order valence-corrected chi connectivity index (χ3v) is 7.71. The van der Waals surface area contributed by atoms with Gasteiger partial charge in [0.15, 0.2) is 15.8 Å². The van der Waals surface area contributed by atoms with Gasteiger partial charge in [0.05, 0.1) is 17.1 Å². The van der Waals surface area contributed by atoms with Crippen molar-refractivity contribution in [3.63, 3.8) is 0 Å². The molecule has 0 saturated carbocycles. The fraction of sp³-hybridized carbons (Fsp3) is 0.650. The smallest absolute Gasteiger partial charge is 0.193 e. The molecule has 1 fully saturated rings. The molecule has 0 aliphatic carbocycles. The third-order valence-electron chi connectivity index (χ3n) is 5.18. The first-order valence-electron chi connectivity index (χ1n) is 9.46. The standard InChI is InChI=1S/C20H33N3O3S.HI/c1-15-12-16(2)17(3)18(13-15)26-10-7-8-22-19(21-6)23-9-11-27(24,25)20(4,5)14-23;/h12-13H,7-11,14H2,1-6H3,(H,21,22);1H. The molecule has 1 N–H and O–H groups in total. The van der Waals surface area contributed by atoms with E-state index in [1.165, 1.54) is 16.7 Å². The lowest BCUT2D eigenvalue weighted by molar-refractivity contribution is 0.306. The number of aliphatic imine (C=N–C) groups is 1. The molecule has 1 aromatic carbocycles. The quantitative estimate of drug-likeness (QED) is 0.278. The first-order valence-corrected chi connectivity index (χ1v) is 11.1. The van der Waals surface area contributed by atoms with Crippen LogP contribution in [0, 0.1) is 20.8 Å². The van der Waals surface area contributed by atoms with Crippen LogP contribution in [0.25, 0.3) is 0 Å². The van der Waals surface area contributed by atoms with Crippen molar-refractivity contribution in [1.29, 1.82) is 0 Å². The lowest BCUT2D eigenvalue weighted by Gasteiger charge is -2.39. The van der Waals surface area contributed by atoms with Gasteiger partial charge in [0.25, 0.3) is 0 Å². The summed E-state index contributed by atoms with van der Waals surface area (Å²) < 4.78 is 29.5. The highest BCUT2D eigenvalue weighted by Crippen LogP contribution is 2.24. The molecule has 1 aliphatic heterocycles. The van der Waals surface area contributed by atoms with Crippen molar-refractivity contribution in [3.05, 3.63) is 28.8 Å². The van der Waals surface area contributed by atoms with Crippen LogP contribution in [0.3, 0.4) is 0 Å². The number of halogens is 1. The second kappa shape index (κ2) is 10.1. The molecular weight excluding hydrogens is 489 g/mol. The van der Waals surface area contributed by atoms with Crippen LogP contribution in [-0.2, 0) is 9.84 Å². The topological polar surface area (TPSA) is 71.0 Å². The summed E-state index contributed by atoms with van der Waals surface area (Å²) in [6, 6.07) is 4.24. The molecule has 0 radical (unpaired) electrons. The summed E-state index contributed by atoms with van der Waals surface area (Å²) in [6.45, 7) is 12.1.